The van der Waals surface area contributed by atoms with Crippen molar-refractivity contribution in [1.82, 2.24) is 0 Å². The van der Waals surface area contributed by atoms with Crippen LogP contribution in [0.5, 0.6) is 0 Å². The molecule has 4 aliphatic carbocycles. The molecule has 1 nitrogen and oxygen atoms in total. The van der Waals surface area contributed by atoms with Crippen molar-refractivity contribution in [3.63, 3.8) is 0 Å². The van der Waals surface area contributed by atoms with E-state index in [9.17, 15) is 0 Å². The van der Waals surface area contributed by atoms with E-state index in [0.717, 1.165) is 0 Å². The van der Waals surface area contributed by atoms with Crippen molar-refractivity contribution in [3.8, 4) is 44.5 Å². The third kappa shape index (κ3) is 5.08. The zero-order valence-electron chi connectivity index (χ0n) is 34.9. The van der Waals surface area contributed by atoms with Crippen molar-refractivity contribution in [2.45, 2.75) is 95.8 Å². The lowest BCUT2D eigenvalue weighted by atomic mass is 9.80. The molecule has 4 aliphatic rings. The Bertz CT molecular complexity index is 2790. The monoisotopic (exact) mass is 751 g/mol. The van der Waals surface area contributed by atoms with Gasteiger partial charge in [0.15, 0.2) is 0 Å². The molecular weight excluding hydrogens is 699 g/mol. The Morgan fingerprint density at radius 1 is 0.379 bits per heavy atom. The third-order valence-electron chi connectivity index (χ3n) is 14.9. The van der Waals surface area contributed by atoms with Gasteiger partial charge in [-0.2, -0.15) is 0 Å². The van der Waals surface area contributed by atoms with Crippen molar-refractivity contribution in [2.24, 2.45) is 0 Å². The molecule has 1 fully saturated rings. The zero-order chi connectivity index (χ0) is 39.6. The summed E-state index contributed by atoms with van der Waals surface area (Å²) in [5.41, 5.74) is 24.1. The second-order valence-electron chi connectivity index (χ2n) is 19.2. The van der Waals surface area contributed by atoms with Crippen molar-refractivity contribution in [1.29, 1.82) is 0 Å². The summed E-state index contributed by atoms with van der Waals surface area (Å²) in [5, 5.41) is 0. The summed E-state index contributed by atoms with van der Waals surface area (Å²) < 4.78 is 0. The first-order valence-electron chi connectivity index (χ1n) is 21.7. The van der Waals surface area contributed by atoms with Crippen LogP contribution in [-0.4, -0.2) is 0 Å². The van der Waals surface area contributed by atoms with E-state index < -0.39 is 0 Å². The molecule has 0 bridgehead atoms. The van der Waals surface area contributed by atoms with Gasteiger partial charge < -0.3 is 4.90 Å². The first kappa shape index (κ1) is 35.5. The smallest absolute Gasteiger partial charge is 0.0465 e. The van der Waals surface area contributed by atoms with E-state index in [1.54, 1.807) is 0 Å². The molecule has 0 spiro atoms. The van der Waals surface area contributed by atoms with Crippen LogP contribution in [0, 0.1) is 0 Å². The van der Waals surface area contributed by atoms with Crippen LogP contribution in [0.25, 0.3) is 44.5 Å². The van der Waals surface area contributed by atoms with Crippen molar-refractivity contribution >= 4 is 17.1 Å². The second-order valence-corrected chi connectivity index (χ2v) is 19.2. The highest BCUT2D eigenvalue weighted by molar-refractivity contribution is 5.95. The van der Waals surface area contributed by atoms with Crippen LogP contribution in [0.3, 0.4) is 0 Å². The molecule has 7 aromatic rings. The van der Waals surface area contributed by atoms with Gasteiger partial charge in [0.05, 0.1) is 0 Å². The quantitative estimate of drug-likeness (QED) is 0.169. The number of benzene rings is 7. The van der Waals surface area contributed by atoms with Crippen molar-refractivity contribution < 1.29 is 0 Å². The first-order chi connectivity index (χ1) is 28.0. The average molecular weight is 752 g/mol. The fraction of sp³-hybridized carbons (Fsp3) is 0.263. The number of anilines is 3. The lowest BCUT2D eigenvalue weighted by Gasteiger charge is -2.30. The highest BCUT2D eigenvalue weighted by Crippen LogP contribution is 2.56. The molecule has 286 valence electrons. The molecule has 1 heteroatoms. The predicted molar refractivity (Wildman–Crippen MR) is 245 cm³/mol. The van der Waals surface area contributed by atoms with E-state index in [1.807, 2.05) is 0 Å². The van der Waals surface area contributed by atoms with E-state index in [1.165, 1.54) is 133 Å². The van der Waals surface area contributed by atoms with Gasteiger partial charge in [-0.05, 0) is 145 Å². The topological polar surface area (TPSA) is 3.24 Å². The van der Waals surface area contributed by atoms with E-state index in [2.05, 4.69) is 192 Å². The summed E-state index contributed by atoms with van der Waals surface area (Å²) in [6.45, 7) is 14.4. The fourth-order valence-electron chi connectivity index (χ4n) is 11.6. The molecule has 0 atom stereocenters. The summed E-state index contributed by atoms with van der Waals surface area (Å²) in [7, 11) is 0. The molecular formula is C57H53N. The van der Waals surface area contributed by atoms with Crippen LogP contribution < -0.4 is 4.90 Å². The van der Waals surface area contributed by atoms with E-state index >= 15 is 0 Å². The van der Waals surface area contributed by atoms with Gasteiger partial charge in [0, 0.05) is 33.3 Å². The van der Waals surface area contributed by atoms with E-state index in [0.29, 0.717) is 5.92 Å². The number of nitrogens with zero attached hydrogens (tertiary/aromatic N) is 1. The summed E-state index contributed by atoms with van der Waals surface area (Å²) in [5.74, 6) is 0.677. The Morgan fingerprint density at radius 2 is 0.845 bits per heavy atom. The van der Waals surface area contributed by atoms with Gasteiger partial charge in [-0.25, -0.2) is 0 Å². The largest absolute Gasteiger partial charge is 0.310 e. The minimum absolute atomic E-state index is 0.0421. The lowest BCUT2D eigenvalue weighted by Crippen LogP contribution is -2.18. The Morgan fingerprint density at radius 3 is 1.48 bits per heavy atom. The Labute approximate surface area is 345 Å². The van der Waals surface area contributed by atoms with Crippen molar-refractivity contribution in [3.05, 3.63) is 185 Å². The standard InChI is InChI=1S/C57H53N/c1-55(2)48-20-12-10-17-43(48)45-30-25-38(33-51(45)55)42-19-14-22-50-54(42)47-32-29-41(35-53(47)57(50,5)6)58(39-26-23-37(24-27-39)36-15-8-7-9-16-36)40-28-31-46-44-18-11-13-21-49(44)56(3,4)52(46)34-40/h10-14,17-36H,7-9,15-16H2,1-6H3. The minimum Gasteiger partial charge on any atom is -0.310 e. The molecule has 7 aromatic carbocycles. The summed E-state index contributed by atoms with van der Waals surface area (Å²) >= 11 is 0. The van der Waals surface area contributed by atoms with E-state index in [4.69, 9.17) is 0 Å². The summed E-state index contributed by atoms with van der Waals surface area (Å²) in [4.78, 5) is 2.52. The minimum atomic E-state index is -0.166. The normalized spacial score (nSPS) is 17.5. The van der Waals surface area contributed by atoms with Crippen LogP contribution in [-0.2, 0) is 16.2 Å². The number of hydrogen-bond donors (Lipinski definition) is 0. The van der Waals surface area contributed by atoms with Gasteiger partial charge in [0.25, 0.3) is 0 Å². The molecule has 0 heterocycles. The molecule has 0 N–H and O–H groups in total. The Kier molecular flexibility index (Phi) is 7.75. The lowest BCUT2D eigenvalue weighted by molar-refractivity contribution is 0.443. The number of rotatable bonds is 5. The maximum Gasteiger partial charge on any atom is 0.0465 e. The maximum atomic E-state index is 2.52. The SMILES string of the molecule is CC1(C)c2ccccc2-c2ccc(-c3cccc4c3-c3ccc(N(c5ccc(C6CCCCC6)cc5)c5ccc6c(c5)C(C)(C)c5ccccc5-6)cc3C4(C)C)cc21. The van der Waals surface area contributed by atoms with Gasteiger partial charge >= 0.3 is 0 Å². The van der Waals surface area contributed by atoms with Crippen LogP contribution in [0.2, 0.25) is 0 Å². The molecule has 0 radical (unpaired) electrons. The van der Waals surface area contributed by atoms with Crippen LogP contribution in [0.4, 0.5) is 17.1 Å². The summed E-state index contributed by atoms with van der Waals surface area (Å²) in [6, 6.07) is 56.2. The molecule has 0 aliphatic heterocycles. The Balaban J connectivity index is 1.04. The number of hydrogen-bond acceptors (Lipinski definition) is 1. The molecule has 1 saturated carbocycles. The molecule has 0 aromatic heterocycles. The van der Waals surface area contributed by atoms with Crippen molar-refractivity contribution in [2.75, 3.05) is 4.90 Å². The first-order valence-corrected chi connectivity index (χ1v) is 21.7. The van der Waals surface area contributed by atoms with Gasteiger partial charge in [-0.1, -0.05) is 164 Å². The maximum absolute atomic E-state index is 2.52. The highest BCUT2D eigenvalue weighted by atomic mass is 15.1. The molecule has 0 unspecified atom stereocenters. The molecule has 58 heavy (non-hydrogen) atoms. The van der Waals surface area contributed by atoms with E-state index in [-0.39, 0.29) is 16.2 Å². The second kappa shape index (κ2) is 12.7. The van der Waals surface area contributed by atoms with Crippen LogP contribution in [0.15, 0.2) is 146 Å². The van der Waals surface area contributed by atoms with Crippen LogP contribution in [0.1, 0.15) is 119 Å². The zero-order valence-corrected chi connectivity index (χ0v) is 34.9. The Hall–Kier alpha value is -5.66. The molecule has 11 rings (SSSR count). The highest BCUT2D eigenvalue weighted by Gasteiger charge is 2.40. The fourth-order valence-corrected chi connectivity index (χ4v) is 11.6. The van der Waals surface area contributed by atoms with Gasteiger partial charge in [-0.3, -0.25) is 0 Å². The molecule has 0 amide bonds. The number of fused-ring (bicyclic) bond motifs is 9. The van der Waals surface area contributed by atoms with Gasteiger partial charge in [0.2, 0.25) is 0 Å². The van der Waals surface area contributed by atoms with Gasteiger partial charge in [0.1, 0.15) is 0 Å². The predicted octanol–water partition coefficient (Wildman–Crippen LogP) is 15.8. The average Bonchev–Trinajstić information content (AvgIpc) is 3.73. The van der Waals surface area contributed by atoms with Gasteiger partial charge in [-0.15, -0.1) is 0 Å². The molecule has 0 saturated heterocycles. The summed E-state index contributed by atoms with van der Waals surface area (Å²) in [6.07, 6.45) is 6.69. The van der Waals surface area contributed by atoms with Crippen LogP contribution >= 0.6 is 0 Å². The third-order valence-corrected chi connectivity index (χ3v) is 14.9.